The number of piperidine rings is 1. The molecule has 2 aliphatic rings. The van der Waals surface area contributed by atoms with Crippen molar-refractivity contribution in [1.82, 2.24) is 9.80 Å². The van der Waals surface area contributed by atoms with Gasteiger partial charge in [0, 0.05) is 33.6 Å². The third kappa shape index (κ3) is 3.56. The van der Waals surface area contributed by atoms with Crippen LogP contribution in [0.4, 0.5) is 0 Å². The van der Waals surface area contributed by atoms with Crippen LogP contribution in [0.5, 0.6) is 0 Å². The largest absolute Gasteiger partial charge is 0.366 e. The zero-order chi connectivity index (χ0) is 18.0. The van der Waals surface area contributed by atoms with E-state index in [0.29, 0.717) is 12.8 Å². The van der Waals surface area contributed by atoms with Gasteiger partial charge in [0.15, 0.2) is 0 Å². The molecule has 0 N–H and O–H groups in total. The first kappa shape index (κ1) is 17.9. The predicted molar refractivity (Wildman–Crippen MR) is 96.1 cm³/mol. The average molecular weight is 344 g/mol. The zero-order valence-corrected chi connectivity index (χ0v) is 15.5. The van der Waals surface area contributed by atoms with Crippen LogP contribution in [0.2, 0.25) is 0 Å². The average Bonchev–Trinajstić information content (AvgIpc) is 2.61. The van der Waals surface area contributed by atoms with E-state index in [1.807, 2.05) is 11.8 Å². The molecule has 1 aromatic rings. The van der Waals surface area contributed by atoms with Gasteiger partial charge in [-0.25, -0.2) is 0 Å². The fourth-order valence-corrected chi connectivity index (χ4v) is 4.03. The summed E-state index contributed by atoms with van der Waals surface area (Å²) in [6.07, 6.45) is 3.21. The van der Waals surface area contributed by atoms with Crippen LogP contribution in [-0.4, -0.2) is 54.9 Å². The van der Waals surface area contributed by atoms with Crippen molar-refractivity contribution in [3.63, 3.8) is 0 Å². The van der Waals surface area contributed by atoms with Crippen LogP contribution in [0.3, 0.4) is 0 Å². The van der Waals surface area contributed by atoms with E-state index in [1.54, 1.807) is 19.0 Å². The molecule has 0 aromatic heterocycles. The van der Waals surface area contributed by atoms with Gasteiger partial charge < -0.3 is 14.5 Å². The first-order chi connectivity index (χ1) is 11.9. The minimum absolute atomic E-state index is 0.0955. The quantitative estimate of drug-likeness (QED) is 0.846. The van der Waals surface area contributed by atoms with Crippen molar-refractivity contribution in [2.45, 2.75) is 50.7 Å². The molecule has 1 spiro atoms. The maximum atomic E-state index is 12.2. The summed E-state index contributed by atoms with van der Waals surface area (Å²) in [4.78, 5) is 27.7. The second-order valence-corrected chi connectivity index (χ2v) is 7.32. The molecule has 0 bridgehead atoms. The highest BCUT2D eigenvalue weighted by atomic mass is 16.5. The molecule has 25 heavy (non-hydrogen) atoms. The summed E-state index contributed by atoms with van der Waals surface area (Å²) in [5, 5.41) is 0. The number of amides is 2. The summed E-state index contributed by atoms with van der Waals surface area (Å²) in [5.74, 6) is 0.302. The minimum atomic E-state index is -0.364. The van der Waals surface area contributed by atoms with Crippen molar-refractivity contribution >= 4 is 11.8 Å². The molecule has 2 aliphatic heterocycles. The Morgan fingerprint density at radius 2 is 1.92 bits per heavy atom. The number of rotatable bonds is 3. The molecular weight excluding hydrogens is 316 g/mol. The number of hydrogen-bond donors (Lipinski definition) is 0. The molecule has 1 aromatic carbocycles. The number of fused-ring (bicyclic) bond motifs is 2. The Morgan fingerprint density at radius 3 is 2.56 bits per heavy atom. The summed E-state index contributed by atoms with van der Waals surface area (Å²) in [7, 11) is 3.56. The lowest BCUT2D eigenvalue weighted by Crippen LogP contribution is -2.50. The van der Waals surface area contributed by atoms with E-state index in [1.165, 1.54) is 11.1 Å². The lowest BCUT2D eigenvalue weighted by atomic mass is 9.77. The molecule has 3 rings (SSSR count). The van der Waals surface area contributed by atoms with Gasteiger partial charge in [-0.05, 0) is 30.4 Å². The smallest absolute Gasteiger partial charge is 0.224 e. The first-order valence-electron chi connectivity index (χ1n) is 9.19. The Bertz CT molecular complexity index is 648. The van der Waals surface area contributed by atoms with Crippen LogP contribution in [0.1, 0.15) is 43.7 Å². The molecule has 0 aliphatic carbocycles. The molecule has 5 nitrogen and oxygen atoms in total. The normalized spacial score (nSPS) is 21.7. The zero-order valence-electron chi connectivity index (χ0n) is 15.5. The number of nitrogens with zero attached hydrogens (tertiary/aromatic N) is 2. The number of likely N-dealkylation sites (tertiary alicyclic amines) is 1. The molecule has 0 saturated carbocycles. The Labute approximate surface area is 149 Å². The van der Waals surface area contributed by atoms with E-state index in [9.17, 15) is 9.59 Å². The van der Waals surface area contributed by atoms with E-state index in [2.05, 4.69) is 24.3 Å². The molecule has 1 fully saturated rings. The Morgan fingerprint density at radius 1 is 1.24 bits per heavy atom. The van der Waals surface area contributed by atoms with Gasteiger partial charge in [-0.2, -0.15) is 0 Å². The van der Waals surface area contributed by atoms with E-state index < -0.39 is 0 Å². The molecule has 1 saturated heterocycles. The van der Waals surface area contributed by atoms with Gasteiger partial charge in [-0.1, -0.05) is 31.2 Å². The first-order valence-corrected chi connectivity index (χ1v) is 9.19. The Hall–Kier alpha value is -1.88. The monoisotopic (exact) mass is 344 g/mol. The summed E-state index contributed by atoms with van der Waals surface area (Å²) in [6.45, 7) is 3.34. The van der Waals surface area contributed by atoms with Crippen LogP contribution in [0.25, 0.3) is 0 Å². The maximum absolute atomic E-state index is 12.2. The maximum Gasteiger partial charge on any atom is 0.224 e. The second kappa shape index (κ2) is 7.16. The van der Waals surface area contributed by atoms with Gasteiger partial charge in [-0.15, -0.1) is 0 Å². The molecule has 5 heteroatoms. The van der Waals surface area contributed by atoms with Crippen molar-refractivity contribution in [1.29, 1.82) is 0 Å². The highest BCUT2D eigenvalue weighted by Gasteiger charge is 2.44. The van der Waals surface area contributed by atoms with E-state index >= 15 is 0 Å². The number of benzene rings is 1. The van der Waals surface area contributed by atoms with Gasteiger partial charge in [-0.3, -0.25) is 9.59 Å². The van der Waals surface area contributed by atoms with E-state index in [4.69, 9.17) is 4.74 Å². The van der Waals surface area contributed by atoms with Crippen LogP contribution < -0.4 is 0 Å². The lowest BCUT2D eigenvalue weighted by Gasteiger charge is -2.47. The molecule has 1 atom stereocenters. The van der Waals surface area contributed by atoms with Gasteiger partial charge in [0.2, 0.25) is 11.8 Å². The van der Waals surface area contributed by atoms with Crippen LogP contribution in [0, 0.1) is 0 Å². The van der Waals surface area contributed by atoms with Gasteiger partial charge in [0.25, 0.3) is 0 Å². The highest BCUT2D eigenvalue weighted by Crippen LogP contribution is 2.44. The van der Waals surface area contributed by atoms with Crippen molar-refractivity contribution < 1.29 is 14.3 Å². The lowest BCUT2D eigenvalue weighted by molar-refractivity contribution is -0.158. The van der Waals surface area contributed by atoms with Crippen molar-refractivity contribution in [3.05, 3.63) is 35.4 Å². The Kier molecular flexibility index (Phi) is 5.13. The number of carbonyl (C=O) groups excluding carboxylic acids is 2. The molecular formula is C20H28N2O3. The van der Waals surface area contributed by atoms with Crippen molar-refractivity contribution in [2.75, 3.05) is 27.2 Å². The second-order valence-electron chi connectivity index (χ2n) is 7.32. The Balaban J connectivity index is 1.82. The number of carbonyl (C=O) groups is 2. The number of ether oxygens (including phenoxy) is 1. The SMILES string of the molecule is CCC(=O)N1CCC2(CC1)OC(CC(=O)N(C)C)Cc1ccccc12. The van der Waals surface area contributed by atoms with Crippen LogP contribution in [0.15, 0.2) is 24.3 Å². The summed E-state index contributed by atoms with van der Waals surface area (Å²) in [6, 6.07) is 8.41. The van der Waals surface area contributed by atoms with Crippen LogP contribution >= 0.6 is 0 Å². The van der Waals surface area contributed by atoms with Crippen molar-refractivity contribution in [2.24, 2.45) is 0 Å². The fraction of sp³-hybridized carbons (Fsp3) is 0.600. The van der Waals surface area contributed by atoms with E-state index in [-0.39, 0.29) is 23.5 Å². The predicted octanol–water partition coefficient (Wildman–Crippen LogP) is 2.33. The summed E-state index contributed by atoms with van der Waals surface area (Å²) >= 11 is 0. The minimum Gasteiger partial charge on any atom is -0.366 e. The fourth-order valence-electron chi connectivity index (χ4n) is 4.03. The van der Waals surface area contributed by atoms with Crippen molar-refractivity contribution in [3.8, 4) is 0 Å². The summed E-state index contributed by atoms with van der Waals surface area (Å²) in [5.41, 5.74) is 2.16. The molecule has 136 valence electrons. The summed E-state index contributed by atoms with van der Waals surface area (Å²) < 4.78 is 6.54. The molecule has 2 amide bonds. The third-order valence-electron chi connectivity index (χ3n) is 5.48. The van der Waals surface area contributed by atoms with Gasteiger partial charge in [0.05, 0.1) is 18.1 Å². The van der Waals surface area contributed by atoms with Gasteiger partial charge >= 0.3 is 0 Å². The number of hydrogen-bond acceptors (Lipinski definition) is 3. The van der Waals surface area contributed by atoms with E-state index in [0.717, 1.165) is 32.4 Å². The molecule has 0 radical (unpaired) electrons. The molecule has 2 heterocycles. The topological polar surface area (TPSA) is 49.9 Å². The molecule has 1 unspecified atom stereocenters. The highest BCUT2D eigenvalue weighted by molar-refractivity contribution is 5.76. The van der Waals surface area contributed by atoms with Crippen LogP contribution in [-0.2, 0) is 26.3 Å². The van der Waals surface area contributed by atoms with Gasteiger partial charge in [0.1, 0.15) is 0 Å². The standard InChI is InChI=1S/C20H28N2O3/c1-4-18(23)22-11-9-20(10-12-22)17-8-6-5-7-15(17)13-16(25-20)14-19(24)21(2)3/h5-8,16H,4,9-14H2,1-3H3. The third-order valence-corrected chi connectivity index (χ3v) is 5.48.